The summed E-state index contributed by atoms with van der Waals surface area (Å²) in [4.78, 5) is 34.0. The van der Waals surface area contributed by atoms with Crippen LogP contribution in [0.15, 0.2) is 18.2 Å². The molecule has 1 rings (SSSR count). The van der Waals surface area contributed by atoms with Gasteiger partial charge in [-0.2, -0.15) is 0 Å². The quantitative estimate of drug-likeness (QED) is 0.828. The maximum absolute atomic E-state index is 13.7. The number of rotatable bonds is 5. The number of benzene rings is 1. The van der Waals surface area contributed by atoms with Crippen LogP contribution < -0.4 is 5.32 Å². The topological polar surface area (TPSA) is 81.7 Å². The van der Waals surface area contributed by atoms with Gasteiger partial charge in [0.1, 0.15) is 5.82 Å². The molecule has 7 heteroatoms. The van der Waals surface area contributed by atoms with E-state index in [4.69, 9.17) is 0 Å². The molecule has 0 saturated carbocycles. The Kier molecular flexibility index (Phi) is 5.64. The summed E-state index contributed by atoms with van der Waals surface area (Å²) in [5.74, 6) is -2.69. The summed E-state index contributed by atoms with van der Waals surface area (Å²) in [6.45, 7) is 0. The Labute approximate surface area is 114 Å². The number of hydrogen-bond donors (Lipinski definition) is 1. The van der Waals surface area contributed by atoms with Crippen molar-refractivity contribution >= 4 is 23.5 Å². The van der Waals surface area contributed by atoms with Crippen molar-refractivity contribution in [3.05, 3.63) is 29.6 Å². The monoisotopic (exact) mass is 283 g/mol. The fourth-order valence-electron chi connectivity index (χ4n) is 1.45. The highest BCUT2D eigenvalue weighted by atomic mass is 19.1. The summed E-state index contributed by atoms with van der Waals surface area (Å²) < 4.78 is 22.5. The molecule has 0 aliphatic carbocycles. The fraction of sp³-hybridized carbons (Fsp3) is 0.308. The lowest BCUT2D eigenvalue weighted by atomic mass is 10.1. The van der Waals surface area contributed by atoms with E-state index in [0.29, 0.717) is 0 Å². The van der Waals surface area contributed by atoms with Gasteiger partial charge in [0.2, 0.25) is 5.91 Å². The predicted molar refractivity (Wildman–Crippen MR) is 67.6 cm³/mol. The SMILES string of the molecule is COC(=O)CCC(=O)Nc1c(F)cccc1C(=O)OC. The zero-order valence-corrected chi connectivity index (χ0v) is 11.1. The lowest BCUT2D eigenvalue weighted by Gasteiger charge is -2.10. The second kappa shape index (κ2) is 7.22. The van der Waals surface area contributed by atoms with Crippen molar-refractivity contribution in [2.24, 2.45) is 0 Å². The first kappa shape index (κ1) is 15.6. The molecule has 0 spiro atoms. The Bertz CT molecular complexity index is 529. The van der Waals surface area contributed by atoms with E-state index in [1.807, 2.05) is 0 Å². The number of anilines is 1. The number of carbonyl (C=O) groups excluding carboxylic acids is 3. The summed E-state index contributed by atoms with van der Waals surface area (Å²) in [5.41, 5.74) is -0.367. The van der Waals surface area contributed by atoms with Gasteiger partial charge in [0.25, 0.3) is 0 Å². The molecule has 0 aliphatic rings. The molecule has 0 fully saturated rings. The Morgan fingerprint density at radius 3 is 2.45 bits per heavy atom. The first-order chi connectivity index (χ1) is 9.49. The Balaban J connectivity index is 2.83. The van der Waals surface area contributed by atoms with Crippen molar-refractivity contribution in [1.82, 2.24) is 0 Å². The van der Waals surface area contributed by atoms with Gasteiger partial charge in [0, 0.05) is 6.42 Å². The van der Waals surface area contributed by atoms with Crippen molar-refractivity contribution in [3.8, 4) is 0 Å². The van der Waals surface area contributed by atoms with Crippen LogP contribution in [0, 0.1) is 5.82 Å². The molecule has 20 heavy (non-hydrogen) atoms. The minimum Gasteiger partial charge on any atom is -0.469 e. The van der Waals surface area contributed by atoms with E-state index in [1.54, 1.807) is 0 Å². The third-order valence-electron chi connectivity index (χ3n) is 2.47. The van der Waals surface area contributed by atoms with E-state index < -0.39 is 23.7 Å². The molecule has 0 saturated heterocycles. The van der Waals surface area contributed by atoms with Crippen LogP contribution >= 0.6 is 0 Å². The summed E-state index contributed by atoms with van der Waals surface area (Å²) in [7, 11) is 2.35. The van der Waals surface area contributed by atoms with Gasteiger partial charge in [-0.1, -0.05) is 6.07 Å². The molecule has 0 atom stereocenters. The van der Waals surface area contributed by atoms with Crippen molar-refractivity contribution < 1.29 is 28.2 Å². The lowest BCUT2D eigenvalue weighted by Crippen LogP contribution is -2.17. The van der Waals surface area contributed by atoms with Crippen LogP contribution in [-0.2, 0) is 19.1 Å². The molecule has 108 valence electrons. The van der Waals surface area contributed by atoms with Gasteiger partial charge >= 0.3 is 11.9 Å². The fourth-order valence-corrected chi connectivity index (χ4v) is 1.45. The smallest absolute Gasteiger partial charge is 0.340 e. The minimum atomic E-state index is -0.771. The molecule has 1 aromatic rings. The number of hydrogen-bond acceptors (Lipinski definition) is 5. The van der Waals surface area contributed by atoms with Crippen LogP contribution in [0.25, 0.3) is 0 Å². The van der Waals surface area contributed by atoms with Crippen LogP contribution in [-0.4, -0.2) is 32.1 Å². The van der Waals surface area contributed by atoms with E-state index in [0.717, 1.165) is 13.2 Å². The molecule has 1 amide bonds. The zero-order valence-electron chi connectivity index (χ0n) is 11.1. The molecule has 0 heterocycles. The number of halogens is 1. The Morgan fingerprint density at radius 1 is 1.15 bits per heavy atom. The first-order valence-corrected chi connectivity index (χ1v) is 5.73. The predicted octanol–water partition coefficient (Wildman–Crippen LogP) is 1.50. The summed E-state index contributed by atoms with van der Waals surface area (Å²) in [6.07, 6.45) is -0.314. The van der Waals surface area contributed by atoms with Crippen molar-refractivity contribution in [3.63, 3.8) is 0 Å². The normalized spacial score (nSPS) is 9.75. The molecule has 0 radical (unpaired) electrons. The van der Waals surface area contributed by atoms with E-state index in [-0.39, 0.29) is 24.1 Å². The number of ether oxygens (including phenoxy) is 2. The van der Waals surface area contributed by atoms with Crippen LogP contribution in [0.1, 0.15) is 23.2 Å². The van der Waals surface area contributed by atoms with E-state index >= 15 is 0 Å². The van der Waals surface area contributed by atoms with Crippen LogP contribution in [0.5, 0.6) is 0 Å². The number of carbonyl (C=O) groups is 3. The lowest BCUT2D eigenvalue weighted by molar-refractivity contribution is -0.141. The molecular weight excluding hydrogens is 269 g/mol. The first-order valence-electron chi connectivity index (χ1n) is 5.73. The second-order valence-electron chi connectivity index (χ2n) is 3.78. The molecular formula is C13H14FNO5. The molecule has 0 unspecified atom stereocenters. The third-order valence-corrected chi connectivity index (χ3v) is 2.47. The Morgan fingerprint density at radius 2 is 1.85 bits per heavy atom. The summed E-state index contributed by atoms with van der Waals surface area (Å²) in [6, 6.07) is 3.75. The van der Waals surface area contributed by atoms with E-state index in [2.05, 4.69) is 14.8 Å². The highest BCUT2D eigenvalue weighted by molar-refractivity contribution is 6.01. The average Bonchev–Trinajstić information content (AvgIpc) is 2.45. The van der Waals surface area contributed by atoms with E-state index in [9.17, 15) is 18.8 Å². The minimum absolute atomic E-state index is 0.0982. The van der Waals surface area contributed by atoms with Crippen LogP contribution in [0.3, 0.4) is 0 Å². The third kappa shape index (κ3) is 4.04. The Hall–Kier alpha value is -2.44. The molecule has 0 bridgehead atoms. The van der Waals surface area contributed by atoms with Gasteiger partial charge in [-0.15, -0.1) is 0 Å². The van der Waals surface area contributed by atoms with Gasteiger partial charge in [-0.3, -0.25) is 9.59 Å². The van der Waals surface area contributed by atoms with Gasteiger partial charge < -0.3 is 14.8 Å². The van der Waals surface area contributed by atoms with E-state index in [1.165, 1.54) is 19.2 Å². The van der Waals surface area contributed by atoms with Gasteiger partial charge in [0.15, 0.2) is 0 Å². The maximum Gasteiger partial charge on any atom is 0.340 e. The molecule has 0 aliphatic heterocycles. The number of methoxy groups -OCH3 is 2. The number of amides is 1. The molecule has 1 aromatic carbocycles. The molecule has 1 N–H and O–H groups in total. The van der Waals surface area contributed by atoms with Crippen molar-refractivity contribution in [2.45, 2.75) is 12.8 Å². The zero-order chi connectivity index (χ0) is 15.1. The second-order valence-corrected chi connectivity index (χ2v) is 3.78. The van der Waals surface area contributed by atoms with Gasteiger partial charge in [-0.25, -0.2) is 9.18 Å². The highest BCUT2D eigenvalue weighted by Crippen LogP contribution is 2.21. The number of para-hydroxylation sites is 1. The molecule has 6 nitrogen and oxygen atoms in total. The average molecular weight is 283 g/mol. The number of esters is 2. The van der Waals surface area contributed by atoms with Crippen LogP contribution in [0.4, 0.5) is 10.1 Å². The van der Waals surface area contributed by atoms with Gasteiger partial charge in [0.05, 0.1) is 31.9 Å². The molecule has 0 aromatic heterocycles. The summed E-state index contributed by atoms with van der Waals surface area (Å²) >= 11 is 0. The standard InChI is InChI=1S/C13H14FNO5/c1-19-11(17)7-6-10(16)15-12-8(13(18)20-2)4-3-5-9(12)14/h3-5H,6-7H2,1-2H3,(H,15,16). The highest BCUT2D eigenvalue weighted by Gasteiger charge is 2.18. The van der Waals surface area contributed by atoms with Crippen molar-refractivity contribution in [1.29, 1.82) is 0 Å². The maximum atomic E-state index is 13.7. The largest absolute Gasteiger partial charge is 0.469 e. The van der Waals surface area contributed by atoms with Gasteiger partial charge in [-0.05, 0) is 12.1 Å². The van der Waals surface area contributed by atoms with Crippen LogP contribution in [0.2, 0.25) is 0 Å². The summed E-state index contributed by atoms with van der Waals surface area (Å²) in [5, 5.41) is 2.25. The number of nitrogens with one attached hydrogen (secondary N) is 1. The van der Waals surface area contributed by atoms with Crippen molar-refractivity contribution in [2.75, 3.05) is 19.5 Å².